The molecule has 3 nitrogen and oxygen atoms in total. The molecule has 1 amide bonds. The maximum atomic E-state index is 12.8. The van der Waals surface area contributed by atoms with Crippen LogP contribution in [0.2, 0.25) is 5.02 Å². The number of nitriles is 1. The van der Waals surface area contributed by atoms with Gasteiger partial charge in [0.1, 0.15) is 5.82 Å². The lowest BCUT2D eigenvalue weighted by molar-refractivity contribution is -0.115. The molecule has 0 heterocycles. The Morgan fingerprint density at radius 2 is 1.95 bits per heavy atom. The molecule has 0 bridgehead atoms. The number of rotatable bonds is 3. The number of anilines is 1. The zero-order valence-electron chi connectivity index (χ0n) is 10.4. The second kappa shape index (κ2) is 6.18. The monoisotopic (exact) mass is 288 g/mol. The molecule has 0 aliphatic carbocycles. The summed E-state index contributed by atoms with van der Waals surface area (Å²) in [6.07, 6.45) is 0.105. The number of nitrogens with zero attached hydrogens (tertiary/aromatic N) is 1. The van der Waals surface area contributed by atoms with Crippen molar-refractivity contribution in [2.45, 2.75) is 6.42 Å². The molecule has 0 aromatic heterocycles. The third kappa shape index (κ3) is 3.56. The van der Waals surface area contributed by atoms with E-state index in [1.807, 2.05) is 6.07 Å². The minimum atomic E-state index is -0.348. The lowest BCUT2D eigenvalue weighted by Gasteiger charge is -2.07. The fourth-order valence-electron chi connectivity index (χ4n) is 1.67. The van der Waals surface area contributed by atoms with Gasteiger partial charge in [-0.3, -0.25) is 4.79 Å². The van der Waals surface area contributed by atoms with E-state index in [0.29, 0.717) is 21.8 Å². The molecule has 0 radical (unpaired) electrons. The molecular weight excluding hydrogens is 279 g/mol. The van der Waals surface area contributed by atoms with Crippen LogP contribution in [0.25, 0.3) is 0 Å². The molecule has 0 saturated heterocycles. The zero-order chi connectivity index (χ0) is 14.5. The largest absolute Gasteiger partial charge is 0.324 e. The Morgan fingerprint density at radius 1 is 1.25 bits per heavy atom. The maximum Gasteiger partial charge on any atom is 0.228 e. The Balaban J connectivity index is 2.08. The fraction of sp³-hybridized carbons (Fsp3) is 0.0667. The zero-order valence-corrected chi connectivity index (χ0v) is 11.1. The number of halogens is 2. The fourth-order valence-corrected chi connectivity index (χ4v) is 1.84. The third-order valence-electron chi connectivity index (χ3n) is 2.65. The van der Waals surface area contributed by atoms with Crippen LogP contribution in [0.4, 0.5) is 10.1 Å². The Bertz CT molecular complexity index is 677. The molecule has 5 heteroatoms. The molecule has 2 rings (SSSR count). The average molecular weight is 289 g/mol. The summed E-state index contributed by atoms with van der Waals surface area (Å²) in [6.45, 7) is 0. The van der Waals surface area contributed by atoms with E-state index in [4.69, 9.17) is 16.9 Å². The second-order valence-corrected chi connectivity index (χ2v) is 4.57. The number of hydrogen-bond acceptors (Lipinski definition) is 2. The van der Waals surface area contributed by atoms with Gasteiger partial charge < -0.3 is 5.32 Å². The van der Waals surface area contributed by atoms with Gasteiger partial charge in [-0.05, 0) is 35.9 Å². The lowest BCUT2D eigenvalue weighted by atomic mass is 10.1. The standard InChI is InChI=1S/C15H10ClFN2O/c16-13-6-3-11(9-18)7-14(13)19-15(20)8-10-1-4-12(17)5-2-10/h1-7H,8H2,(H,19,20). The Kier molecular flexibility index (Phi) is 4.34. The molecule has 1 N–H and O–H groups in total. The number of carbonyl (C=O) groups is 1. The first kappa shape index (κ1) is 14.0. The van der Waals surface area contributed by atoms with Gasteiger partial charge in [0.05, 0.1) is 28.8 Å². The summed E-state index contributed by atoms with van der Waals surface area (Å²) >= 11 is 5.95. The van der Waals surface area contributed by atoms with E-state index in [0.717, 1.165) is 0 Å². The van der Waals surface area contributed by atoms with Crippen LogP contribution in [-0.4, -0.2) is 5.91 Å². The first-order valence-electron chi connectivity index (χ1n) is 5.82. The van der Waals surface area contributed by atoms with Crippen molar-refractivity contribution in [2.24, 2.45) is 0 Å². The number of benzene rings is 2. The second-order valence-electron chi connectivity index (χ2n) is 4.16. The topological polar surface area (TPSA) is 52.9 Å². The molecule has 0 unspecified atom stereocenters. The Morgan fingerprint density at radius 3 is 2.60 bits per heavy atom. The van der Waals surface area contributed by atoms with Crippen LogP contribution in [0.1, 0.15) is 11.1 Å². The van der Waals surface area contributed by atoms with Crippen LogP contribution in [0.3, 0.4) is 0 Å². The molecule has 0 fully saturated rings. The van der Waals surface area contributed by atoms with E-state index >= 15 is 0 Å². The van der Waals surface area contributed by atoms with Gasteiger partial charge in [0.2, 0.25) is 5.91 Å². The summed E-state index contributed by atoms with van der Waals surface area (Å²) in [5.74, 6) is -0.632. The van der Waals surface area contributed by atoms with E-state index in [9.17, 15) is 9.18 Å². The van der Waals surface area contributed by atoms with Crippen LogP contribution < -0.4 is 5.32 Å². The van der Waals surface area contributed by atoms with Crippen molar-refractivity contribution in [3.8, 4) is 6.07 Å². The minimum absolute atomic E-state index is 0.105. The quantitative estimate of drug-likeness (QED) is 0.939. The molecule has 0 atom stereocenters. The van der Waals surface area contributed by atoms with E-state index in [1.54, 1.807) is 24.3 Å². The summed E-state index contributed by atoms with van der Waals surface area (Å²) < 4.78 is 12.8. The smallest absolute Gasteiger partial charge is 0.228 e. The van der Waals surface area contributed by atoms with E-state index < -0.39 is 0 Å². The van der Waals surface area contributed by atoms with Crippen LogP contribution in [0.5, 0.6) is 0 Å². The first-order chi connectivity index (χ1) is 9.58. The van der Waals surface area contributed by atoms with E-state index in [-0.39, 0.29) is 18.1 Å². The number of carbonyl (C=O) groups excluding carboxylic acids is 1. The summed E-state index contributed by atoms with van der Waals surface area (Å²) in [7, 11) is 0. The van der Waals surface area contributed by atoms with Gasteiger partial charge in [-0.2, -0.15) is 5.26 Å². The Hall–Kier alpha value is -2.38. The molecular formula is C15H10ClFN2O. The van der Waals surface area contributed by atoms with Gasteiger partial charge in [-0.15, -0.1) is 0 Å². The first-order valence-corrected chi connectivity index (χ1v) is 6.20. The molecule has 0 aliphatic heterocycles. The normalized spacial score (nSPS) is 9.85. The van der Waals surface area contributed by atoms with Gasteiger partial charge in [-0.25, -0.2) is 4.39 Å². The number of hydrogen-bond donors (Lipinski definition) is 1. The number of amides is 1. The summed E-state index contributed by atoms with van der Waals surface area (Å²) in [4.78, 5) is 11.9. The molecule has 100 valence electrons. The third-order valence-corrected chi connectivity index (χ3v) is 2.98. The molecule has 2 aromatic rings. The van der Waals surface area contributed by atoms with Gasteiger partial charge >= 0.3 is 0 Å². The van der Waals surface area contributed by atoms with Crippen molar-refractivity contribution in [1.29, 1.82) is 5.26 Å². The summed E-state index contributed by atoms with van der Waals surface area (Å²) in [6, 6.07) is 12.3. The maximum absolute atomic E-state index is 12.8. The molecule has 0 saturated carbocycles. The Labute approximate surface area is 120 Å². The van der Waals surface area contributed by atoms with E-state index in [1.165, 1.54) is 18.2 Å². The van der Waals surface area contributed by atoms with Crippen LogP contribution >= 0.6 is 11.6 Å². The average Bonchev–Trinajstić information content (AvgIpc) is 2.44. The highest BCUT2D eigenvalue weighted by atomic mass is 35.5. The van der Waals surface area contributed by atoms with Crippen LogP contribution in [0.15, 0.2) is 42.5 Å². The highest BCUT2D eigenvalue weighted by molar-refractivity contribution is 6.33. The van der Waals surface area contributed by atoms with Crippen molar-refractivity contribution in [2.75, 3.05) is 5.32 Å². The predicted molar refractivity (Wildman–Crippen MR) is 74.9 cm³/mol. The van der Waals surface area contributed by atoms with Crippen LogP contribution in [0, 0.1) is 17.1 Å². The van der Waals surface area contributed by atoms with Crippen molar-refractivity contribution in [3.63, 3.8) is 0 Å². The van der Waals surface area contributed by atoms with Gasteiger partial charge in [0.15, 0.2) is 0 Å². The lowest BCUT2D eigenvalue weighted by Crippen LogP contribution is -2.14. The summed E-state index contributed by atoms with van der Waals surface area (Å²) in [5.41, 5.74) is 1.49. The van der Waals surface area contributed by atoms with E-state index in [2.05, 4.69) is 5.32 Å². The van der Waals surface area contributed by atoms with Gasteiger partial charge in [0.25, 0.3) is 0 Å². The molecule has 0 spiro atoms. The molecule has 2 aromatic carbocycles. The minimum Gasteiger partial charge on any atom is -0.324 e. The van der Waals surface area contributed by atoms with Crippen molar-refractivity contribution >= 4 is 23.2 Å². The molecule has 20 heavy (non-hydrogen) atoms. The van der Waals surface area contributed by atoms with Crippen molar-refractivity contribution in [3.05, 3.63) is 64.4 Å². The molecule has 0 aliphatic rings. The van der Waals surface area contributed by atoms with Gasteiger partial charge in [-0.1, -0.05) is 23.7 Å². The highest BCUT2D eigenvalue weighted by Gasteiger charge is 2.08. The SMILES string of the molecule is N#Cc1ccc(Cl)c(NC(=O)Cc2ccc(F)cc2)c1. The van der Waals surface area contributed by atoms with Gasteiger partial charge in [0, 0.05) is 0 Å². The summed E-state index contributed by atoms with van der Waals surface area (Å²) in [5, 5.41) is 11.8. The highest BCUT2D eigenvalue weighted by Crippen LogP contribution is 2.23. The predicted octanol–water partition coefficient (Wildman–Crippen LogP) is 3.53. The van der Waals surface area contributed by atoms with Crippen LogP contribution in [-0.2, 0) is 11.2 Å². The van der Waals surface area contributed by atoms with Crippen molar-refractivity contribution < 1.29 is 9.18 Å². The van der Waals surface area contributed by atoms with Crippen molar-refractivity contribution in [1.82, 2.24) is 0 Å². The number of nitrogens with one attached hydrogen (secondary N) is 1.